The highest BCUT2D eigenvalue weighted by Crippen LogP contribution is 2.24. The van der Waals surface area contributed by atoms with Gasteiger partial charge in [0.1, 0.15) is 22.7 Å². The first kappa shape index (κ1) is 14.5. The van der Waals surface area contributed by atoms with Crippen LogP contribution >= 0.6 is 0 Å². The molecule has 0 saturated heterocycles. The number of hydrogen-bond acceptors (Lipinski definition) is 4. The molecule has 0 fully saturated rings. The number of aryl methyl sites for hydroxylation is 2. The van der Waals surface area contributed by atoms with E-state index in [9.17, 15) is 0 Å². The fourth-order valence-electron chi connectivity index (χ4n) is 2.91. The standard InChI is InChI=1S/C20H16N2O2/c21-11-13-1-5-19-15(7-13)9-17(23-19)3-4-18-10-16-8-14(12-22)2-6-20(16)24-18/h1-2,5-12,21-22H,3-4H2. The molecule has 4 heteroatoms. The average Bonchev–Trinajstić information content (AvgIpc) is 3.21. The van der Waals surface area contributed by atoms with Crippen LogP contribution < -0.4 is 0 Å². The van der Waals surface area contributed by atoms with Gasteiger partial charge in [-0.2, -0.15) is 0 Å². The smallest absolute Gasteiger partial charge is 0.134 e. The quantitative estimate of drug-likeness (QED) is 0.511. The molecule has 2 aromatic carbocycles. The molecule has 4 nitrogen and oxygen atoms in total. The summed E-state index contributed by atoms with van der Waals surface area (Å²) in [4.78, 5) is 0. The molecule has 0 aliphatic rings. The lowest BCUT2D eigenvalue weighted by atomic mass is 10.1. The van der Waals surface area contributed by atoms with Gasteiger partial charge in [0.15, 0.2) is 0 Å². The lowest BCUT2D eigenvalue weighted by Crippen LogP contribution is -1.86. The molecule has 0 unspecified atom stereocenters. The minimum Gasteiger partial charge on any atom is -0.461 e. The summed E-state index contributed by atoms with van der Waals surface area (Å²) in [6.45, 7) is 0. The number of furan rings is 2. The molecule has 2 aromatic heterocycles. The minimum absolute atomic E-state index is 0.756. The molecule has 118 valence electrons. The minimum atomic E-state index is 0.756. The van der Waals surface area contributed by atoms with Gasteiger partial charge in [-0.1, -0.05) is 0 Å². The molecule has 0 amide bonds. The second-order valence-electron chi connectivity index (χ2n) is 5.81. The summed E-state index contributed by atoms with van der Waals surface area (Å²) < 4.78 is 11.7. The predicted molar refractivity (Wildman–Crippen MR) is 95.6 cm³/mol. The molecule has 0 aliphatic carbocycles. The van der Waals surface area contributed by atoms with Gasteiger partial charge in [-0.15, -0.1) is 0 Å². The van der Waals surface area contributed by atoms with Crippen molar-refractivity contribution in [2.75, 3.05) is 0 Å². The monoisotopic (exact) mass is 316 g/mol. The van der Waals surface area contributed by atoms with Crippen molar-refractivity contribution in [3.05, 3.63) is 71.2 Å². The van der Waals surface area contributed by atoms with Crippen LogP contribution in [0, 0.1) is 10.8 Å². The Hall–Kier alpha value is -3.14. The van der Waals surface area contributed by atoms with E-state index >= 15 is 0 Å². The van der Waals surface area contributed by atoms with Crippen LogP contribution in [0.15, 0.2) is 57.4 Å². The predicted octanol–water partition coefficient (Wildman–Crippen LogP) is 4.96. The molecular weight excluding hydrogens is 300 g/mol. The van der Waals surface area contributed by atoms with Crippen LogP contribution in [0.2, 0.25) is 0 Å². The first-order valence-electron chi connectivity index (χ1n) is 7.81. The van der Waals surface area contributed by atoms with Crippen LogP contribution in [0.1, 0.15) is 22.6 Å². The average molecular weight is 316 g/mol. The molecule has 2 N–H and O–H groups in total. The summed E-state index contributed by atoms with van der Waals surface area (Å²) in [5, 5.41) is 16.7. The van der Waals surface area contributed by atoms with Crippen molar-refractivity contribution in [2.24, 2.45) is 0 Å². The third-order valence-corrected chi connectivity index (χ3v) is 4.13. The highest BCUT2D eigenvalue weighted by molar-refractivity contribution is 5.88. The Kier molecular flexibility index (Phi) is 3.50. The van der Waals surface area contributed by atoms with E-state index < -0.39 is 0 Å². The zero-order valence-electron chi connectivity index (χ0n) is 13.0. The summed E-state index contributed by atoms with van der Waals surface area (Å²) in [7, 11) is 0. The lowest BCUT2D eigenvalue weighted by Gasteiger charge is -1.93. The maximum Gasteiger partial charge on any atom is 0.134 e. The van der Waals surface area contributed by atoms with Gasteiger partial charge in [0, 0.05) is 36.0 Å². The van der Waals surface area contributed by atoms with Crippen molar-refractivity contribution < 1.29 is 8.83 Å². The van der Waals surface area contributed by atoms with Gasteiger partial charge in [-0.25, -0.2) is 0 Å². The normalized spacial score (nSPS) is 11.2. The maximum absolute atomic E-state index is 7.32. The summed E-state index contributed by atoms with van der Waals surface area (Å²) in [6.07, 6.45) is 4.18. The van der Waals surface area contributed by atoms with Gasteiger partial charge < -0.3 is 19.7 Å². The van der Waals surface area contributed by atoms with Crippen molar-refractivity contribution in [2.45, 2.75) is 12.8 Å². The highest BCUT2D eigenvalue weighted by atomic mass is 16.3. The topological polar surface area (TPSA) is 74.0 Å². The summed E-state index contributed by atoms with van der Waals surface area (Å²) in [5.41, 5.74) is 3.43. The molecule has 4 aromatic rings. The van der Waals surface area contributed by atoms with Crippen LogP contribution in [-0.2, 0) is 12.8 Å². The van der Waals surface area contributed by atoms with Gasteiger partial charge in [-0.05, 0) is 59.7 Å². The van der Waals surface area contributed by atoms with Crippen LogP contribution in [0.3, 0.4) is 0 Å². The molecule has 0 saturated carbocycles. The summed E-state index contributed by atoms with van der Waals surface area (Å²) >= 11 is 0. The second-order valence-corrected chi connectivity index (χ2v) is 5.81. The SMILES string of the molecule is N=Cc1ccc2oc(CCc3cc4cc(C=N)ccc4o3)cc2c1. The van der Waals surface area contributed by atoms with E-state index in [4.69, 9.17) is 19.7 Å². The Morgan fingerprint density at radius 3 is 1.54 bits per heavy atom. The summed E-state index contributed by atoms with van der Waals surface area (Å²) in [5.74, 6) is 1.82. The van der Waals surface area contributed by atoms with Crippen molar-refractivity contribution in [1.29, 1.82) is 10.8 Å². The van der Waals surface area contributed by atoms with E-state index in [0.29, 0.717) is 0 Å². The van der Waals surface area contributed by atoms with Crippen molar-refractivity contribution in [3.63, 3.8) is 0 Å². The van der Waals surface area contributed by atoms with Crippen LogP contribution in [0.5, 0.6) is 0 Å². The number of benzene rings is 2. The zero-order chi connectivity index (χ0) is 16.5. The first-order chi connectivity index (χ1) is 11.7. The van der Waals surface area contributed by atoms with Gasteiger partial charge >= 0.3 is 0 Å². The van der Waals surface area contributed by atoms with Crippen LogP contribution in [0.25, 0.3) is 21.9 Å². The van der Waals surface area contributed by atoms with E-state index in [1.165, 1.54) is 12.4 Å². The molecule has 0 spiro atoms. The molecule has 24 heavy (non-hydrogen) atoms. The third-order valence-electron chi connectivity index (χ3n) is 4.13. The fourth-order valence-corrected chi connectivity index (χ4v) is 2.91. The van der Waals surface area contributed by atoms with Gasteiger partial charge in [0.2, 0.25) is 0 Å². The number of fused-ring (bicyclic) bond motifs is 2. The molecule has 2 heterocycles. The molecule has 4 rings (SSSR count). The largest absolute Gasteiger partial charge is 0.461 e. The van der Waals surface area contributed by atoms with Crippen LogP contribution in [-0.4, -0.2) is 12.4 Å². The van der Waals surface area contributed by atoms with Crippen LogP contribution in [0.4, 0.5) is 0 Å². The Balaban J connectivity index is 1.55. The van der Waals surface area contributed by atoms with Crippen molar-refractivity contribution in [3.8, 4) is 0 Å². The number of hydrogen-bond donors (Lipinski definition) is 2. The zero-order valence-corrected chi connectivity index (χ0v) is 13.0. The van der Waals surface area contributed by atoms with Crippen molar-refractivity contribution in [1.82, 2.24) is 0 Å². The fraction of sp³-hybridized carbons (Fsp3) is 0.100. The van der Waals surface area contributed by atoms with Gasteiger partial charge in [0.25, 0.3) is 0 Å². The van der Waals surface area contributed by atoms with Gasteiger partial charge in [-0.3, -0.25) is 0 Å². The van der Waals surface area contributed by atoms with E-state index in [2.05, 4.69) is 0 Å². The highest BCUT2D eigenvalue weighted by Gasteiger charge is 2.08. The van der Waals surface area contributed by atoms with Crippen molar-refractivity contribution >= 4 is 34.4 Å². The Bertz CT molecular complexity index is 970. The third kappa shape index (κ3) is 2.63. The maximum atomic E-state index is 7.32. The lowest BCUT2D eigenvalue weighted by molar-refractivity contribution is 0.510. The molecule has 0 aliphatic heterocycles. The van der Waals surface area contributed by atoms with E-state index in [-0.39, 0.29) is 0 Å². The molecule has 0 atom stereocenters. The van der Waals surface area contributed by atoms with Gasteiger partial charge in [0.05, 0.1) is 0 Å². The molecular formula is C20H16N2O2. The first-order valence-corrected chi connectivity index (χ1v) is 7.81. The van der Waals surface area contributed by atoms with E-state index in [1.807, 2.05) is 48.5 Å². The van der Waals surface area contributed by atoms with E-state index in [1.54, 1.807) is 0 Å². The molecule has 0 bridgehead atoms. The summed E-state index contributed by atoms with van der Waals surface area (Å²) in [6, 6.07) is 15.5. The Morgan fingerprint density at radius 1 is 0.667 bits per heavy atom. The number of nitrogens with one attached hydrogen (secondary N) is 2. The van der Waals surface area contributed by atoms with E-state index in [0.717, 1.165) is 57.4 Å². The second kappa shape index (κ2) is 5.81. The Morgan fingerprint density at radius 2 is 1.12 bits per heavy atom. The number of rotatable bonds is 5. The Labute approximate surface area is 138 Å². The molecule has 0 radical (unpaired) electrons.